The van der Waals surface area contributed by atoms with Gasteiger partial charge in [0.2, 0.25) is 0 Å². The third kappa shape index (κ3) is 2.30. The van der Waals surface area contributed by atoms with Crippen molar-refractivity contribution in [3.8, 4) is 0 Å². The summed E-state index contributed by atoms with van der Waals surface area (Å²) in [5, 5.41) is 19.5. The van der Waals surface area contributed by atoms with Crippen LogP contribution >= 0.6 is 11.3 Å². The number of benzene rings is 1. The molecule has 0 spiro atoms. The maximum atomic E-state index is 11.1. The fourth-order valence-corrected chi connectivity index (χ4v) is 3.04. The monoisotopic (exact) mass is 262 g/mol. The Kier molecular flexibility index (Phi) is 3.50. The first-order valence-corrected chi connectivity index (χ1v) is 6.39. The van der Waals surface area contributed by atoms with E-state index in [4.69, 9.17) is 5.11 Å². The van der Waals surface area contributed by atoms with Gasteiger partial charge < -0.3 is 10.2 Å². The number of carboxylic acid groups (broad SMARTS) is 1. The lowest BCUT2D eigenvalue weighted by molar-refractivity contribution is 0.0691. The highest BCUT2D eigenvalue weighted by Gasteiger charge is 2.20. The van der Waals surface area contributed by atoms with E-state index in [0.717, 1.165) is 15.3 Å². The molecule has 1 aromatic heterocycles. The van der Waals surface area contributed by atoms with Crippen LogP contribution in [-0.2, 0) is 0 Å². The molecule has 2 N–H and O–H groups in total. The lowest BCUT2D eigenvalue weighted by Crippen LogP contribution is -2.07. The van der Waals surface area contributed by atoms with Gasteiger partial charge >= 0.3 is 5.97 Å². The average molecular weight is 262 g/mol. The molecule has 0 amide bonds. The van der Waals surface area contributed by atoms with Crippen LogP contribution in [0.1, 0.15) is 37.3 Å². The quantitative estimate of drug-likeness (QED) is 0.893. The first kappa shape index (κ1) is 12.8. The summed E-state index contributed by atoms with van der Waals surface area (Å²) >= 11 is 1.49. The molecule has 0 bridgehead atoms. The van der Waals surface area contributed by atoms with Gasteiger partial charge in [0.05, 0.1) is 5.56 Å². The largest absolute Gasteiger partial charge is 0.478 e. The van der Waals surface area contributed by atoms with Gasteiger partial charge in [-0.3, -0.25) is 0 Å². The van der Waals surface area contributed by atoms with Gasteiger partial charge in [0.15, 0.2) is 0 Å². The van der Waals surface area contributed by atoms with Crippen LogP contribution in [0, 0.1) is 13.8 Å². The molecular formula is C14H14O3S. The fourth-order valence-electron chi connectivity index (χ4n) is 2.00. The number of aryl methyl sites for hydroxylation is 2. The summed E-state index contributed by atoms with van der Waals surface area (Å²) in [5.74, 6) is -1.02. The van der Waals surface area contributed by atoms with E-state index in [1.54, 1.807) is 18.2 Å². The van der Waals surface area contributed by atoms with Crippen LogP contribution in [0.15, 0.2) is 30.3 Å². The zero-order valence-corrected chi connectivity index (χ0v) is 11.0. The number of carbonyl (C=O) groups is 1. The minimum Gasteiger partial charge on any atom is -0.478 e. The number of rotatable bonds is 3. The number of aliphatic hydroxyl groups is 1. The van der Waals surface area contributed by atoms with E-state index in [0.29, 0.717) is 5.56 Å². The van der Waals surface area contributed by atoms with Crippen LogP contribution in [0.5, 0.6) is 0 Å². The predicted octanol–water partition coefficient (Wildman–Crippen LogP) is 3.14. The van der Waals surface area contributed by atoms with Crippen LogP contribution in [0.4, 0.5) is 0 Å². The normalized spacial score (nSPS) is 12.4. The molecule has 1 unspecified atom stereocenters. The molecule has 0 radical (unpaired) electrons. The fraction of sp³-hybridized carbons (Fsp3) is 0.214. The van der Waals surface area contributed by atoms with Crippen molar-refractivity contribution in [2.75, 3.05) is 0 Å². The van der Waals surface area contributed by atoms with Crippen molar-refractivity contribution >= 4 is 17.3 Å². The number of hydrogen-bond acceptors (Lipinski definition) is 3. The summed E-state index contributed by atoms with van der Waals surface area (Å²) in [6.45, 7) is 3.89. The van der Waals surface area contributed by atoms with Crippen LogP contribution in [0.2, 0.25) is 0 Å². The third-order valence-electron chi connectivity index (χ3n) is 2.81. The average Bonchev–Trinajstić information content (AvgIpc) is 2.67. The molecule has 94 valence electrons. The van der Waals surface area contributed by atoms with Crippen molar-refractivity contribution in [3.05, 3.63) is 56.8 Å². The molecular weight excluding hydrogens is 248 g/mol. The Bertz CT molecular complexity index is 586. The molecule has 0 aliphatic rings. The summed E-state index contributed by atoms with van der Waals surface area (Å²) in [6, 6.07) is 8.55. The highest BCUT2D eigenvalue weighted by Crippen LogP contribution is 2.33. The summed E-state index contributed by atoms with van der Waals surface area (Å²) in [7, 11) is 0. The summed E-state index contributed by atoms with van der Waals surface area (Å²) < 4.78 is 0. The third-order valence-corrected chi connectivity index (χ3v) is 4.02. The SMILES string of the molecule is Cc1cc(C)c(C(O)c2ccccc2C(=O)O)s1. The van der Waals surface area contributed by atoms with Gasteiger partial charge in [0.1, 0.15) is 6.10 Å². The van der Waals surface area contributed by atoms with Crippen LogP contribution < -0.4 is 0 Å². The van der Waals surface area contributed by atoms with E-state index in [1.807, 2.05) is 19.9 Å². The molecule has 1 atom stereocenters. The Labute approximate surface area is 109 Å². The lowest BCUT2D eigenvalue weighted by Gasteiger charge is -2.13. The van der Waals surface area contributed by atoms with Gasteiger partial charge in [0, 0.05) is 15.3 Å². The molecule has 4 heteroatoms. The maximum Gasteiger partial charge on any atom is 0.336 e. The molecule has 2 aromatic rings. The summed E-state index contributed by atoms with van der Waals surface area (Å²) in [4.78, 5) is 13.1. The topological polar surface area (TPSA) is 57.5 Å². The first-order chi connectivity index (χ1) is 8.50. The zero-order chi connectivity index (χ0) is 13.3. The summed E-state index contributed by atoms with van der Waals surface area (Å²) in [6.07, 6.45) is -0.879. The minimum atomic E-state index is -1.02. The number of carboxylic acids is 1. The van der Waals surface area contributed by atoms with Gasteiger partial charge in [-0.25, -0.2) is 4.79 Å². The smallest absolute Gasteiger partial charge is 0.336 e. The van der Waals surface area contributed by atoms with Crippen LogP contribution in [0.3, 0.4) is 0 Å². The number of hydrogen-bond donors (Lipinski definition) is 2. The van der Waals surface area contributed by atoms with E-state index >= 15 is 0 Å². The molecule has 1 aromatic carbocycles. The van der Waals surface area contributed by atoms with E-state index in [2.05, 4.69) is 0 Å². The van der Waals surface area contributed by atoms with E-state index in [1.165, 1.54) is 17.4 Å². The zero-order valence-electron chi connectivity index (χ0n) is 10.2. The Balaban J connectivity index is 2.49. The van der Waals surface area contributed by atoms with Gasteiger partial charge in [-0.1, -0.05) is 18.2 Å². The molecule has 18 heavy (non-hydrogen) atoms. The minimum absolute atomic E-state index is 0.149. The molecule has 0 fully saturated rings. The Morgan fingerprint density at radius 1 is 1.28 bits per heavy atom. The maximum absolute atomic E-state index is 11.1. The van der Waals surface area contributed by atoms with Crippen molar-refractivity contribution < 1.29 is 15.0 Å². The second-order valence-corrected chi connectivity index (χ2v) is 5.49. The Morgan fingerprint density at radius 3 is 2.50 bits per heavy atom. The van der Waals surface area contributed by atoms with E-state index in [9.17, 15) is 9.90 Å². The molecule has 1 heterocycles. The van der Waals surface area contributed by atoms with Crippen LogP contribution in [0.25, 0.3) is 0 Å². The second kappa shape index (κ2) is 4.92. The van der Waals surface area contributed by atoms with Crippen molar-refractivity contribution in [1.29, 1.82) is 0 Å². The van der Waals surface area contributed by atoms with Crippen molar-refractivity contribution in [1.82, 2.24) is 0 Å². The standard InChI is InChI=1S/C14H14O3S/c1-8-7-9(2)18-13(8)12(15)10-5-3-4-6-11(10)14(16)17/h3-7,12,15H,1-2H3,(H,16,17). The lowest BCUT2D eigenvalue weighted by atomic mass is 10.00. The van der Waals surface area contributed by atoms with E-state index < -0.39 is 12.1 Å². The molecule has 0 aliphatic heterocycles. The summed E-state index contributed by atoms with van der Waals surface area (Å²) in [5.41, 5.74) is 1.58. The Morgan fingerprint density at radius 2 is 1.94 bits per heavy atom. The number of thiophene rings is 1. The number of aromatic carboxylic acids is 1. The second-order valence-electron chi connectivity index (χ2n) is 4.20. The molecule has 0 saturated carbocycles. The molecule has 2 rings (SSSR count). The van der Waals surface area contributed by atoms with Gasteiger partial charge in [-0.2, -0.15) is 0 Å². The molecule has 0 saturated heterocycles. The number of aliphatic hydroxyl groups excluding tert-OH is 1. The van der Waals surface area contributed by atoms with Crippen LogP contribution in [-0.4, -0.2) is 16.2 Å². The predicted molar refractivity (Wildman–Crippen MR) is 71.3 cm³/mol. The van der Waals surface area contributed by atoms with E-state index in [-0.39, 0.29) is 5.56 Å². The van der Waals surface area contributed by atoms with Crippen molar-refractivity contribution in [3.63, 3.8) is 0 Å². The first-order valence-electron chi connectivity index (χ1n) is 5.58. The highest BCUT2D eigenvalue weighted by atomic mass is 32.1. The molecule has 3 nitrogen and oxygen atoms in total. The van der Waals surface area contributed by atoms with Crippen molar-refractivity contribution in [2.45, 2.75) is 20.0 Å². The van der Waals surface area contributed by atoms with Gasteiger partial charge in [0.25, 0.3) is 0 Å². The molecule has 0 aliphatic carbocycles. The van der Waals surface area contributed by atoms with Gasteiger partial charge in [-0.05, 0) is 31.5 Å². The highest BCUT2D eigenvalue weighted by molar-refractivity contribution is 7.12. The van der Waals surface area contributed by atoms with Crippen molar-refractivity contribution in [2.24, 2.45) is 0 Å². The Hall–Kier alpha value is -1.65. The van der Waals surface area contributed by atoms with Gasteiger partial charge in [-0.15, -0.1) is 11.3 Å².